The van der Waals surface area contributed by atoms with Crippen LogP contribution in [-0.4, -0.2) is 6.54 Å². The molecule has 0 heterocycles. The summed E-state index contributed by atoms with van der Waals surface area (Å²) in [6.45, 7) is 5.46. The first-order valence-electron chi connectivity index (χ1n) is 7.39. The van der Waals surface area contributed by atoms with Gasteiger partial charge in [0.25, 0.3) is 0 Å². The summed E-state index contributed by atoms with van der Waals surface area (Å²) in [6.07, 6.45) is 1.16. The van der Waals surface area contributed by atoms with Crippen molar-refractivity contribution in [2.24, 2.45) is 0 Å². The molecular formula is C18H22ClNS. The van der Waals surface area contributed by atoms with Gasteiger partial charge in [0.15, 0.2) is 0 Å². The van der Waals surface area contributed by atoms with Crippen LogP contribution in [0.15, 0.2) is 53.4 Å². The van der Waals surface area contributed by atoms with Crippen LogP contribution in [0, 0.1) is 0 Å². The van der Waals surface area contributed by atoms with Crippen LogP contribution < -0.4 is 5.32 Å². The summed E-state index contributed by atoms with van der Waals surface area (Å²) >= 11 is 7.85. The Bertz CT molecular complexity index is 553. The van der Waals surface area contributed by atoms with Gasteiger partial charge in [-0.1, -0.05) is 42.8 Å². The normalized spacial score (nSPS) is 12.3. The summed E-state index contributed by atoms with van der Waals surface area (Å²) in [7, 11) is 0. The van der Waals surface area contributed by atoms with Crippen molar-refractivity contribution < 1.29 is 0 Å². The third-order valence-corrected chi connectivity index (χ3v) is 4.69. The van der Waals surface area contributed by atoms with E-state index in [1.165, 1.54) is 16.0 Å². The van der Waals surface area contributed by atoms with Crippen molar-refractivity contribution in [3.8, 4) is 0 Å². The molecule has 0 saturated carbocycles. The number of hydrogen-bond donors (Lipinski definition) is 1. The molecule has 0 radical (unpaired) electrons. The van der Waals surface area contributed by atoms with E-state index in [1.54, 1.807) is 0 Å². The van der Waals surface area contributed by atoms with Gasteiger partial charge in [-0.3, -0.25) is 0 Å². The molecule has 1 N–H and O–H groups in total. The molecule has 1 nitrogen and oxygen atoms in total. The molecule has 0 aromatic heterocycles. The maximum atomic E-state index is 6.01. The predicted molar refractivity (Wildman–Crippen MR) is 94.2 cm³/mol. The van der Waals surface area contributed by atoms with Crippen LogP contribution >= 0.6 is 23.4 Å². The number of rotatable bonds is 7. The molecule has 0 aliphatic rings. The summed E-state index contributed by atoms with van der Waals surface area (Å²) < 4.78 is 0. The first-order chi connectivity index (χ1) is 10.2. The third-order valence-electron chi connectivity index (χ3n) is 3.38. The predicted octanol–water partition coefficient (Wildman–Crippen LogP) is 5.69. The molecule has 0 amide bonds. The van der Waals surface area contributed by atoms with Crippen LogP contribution in [0.2, 0.25) is 5.02 Å². The molecule has 112 valence electrons. The molecule has 0 bridgehead atoms. The van der Waals surface area contributed by atoms with Gasteiger partial charge in [0.2, 0.25) is 0 Å². The minimum absolute atomic E-state index is 0.414. The van der Waals surface area contributed by atoms with E-state index < -0.39 is 0 Å². The van der Waals surface area contributed by atoms with Crippen LogP contribution in [0.1, 0.15) is 37.4 Å². The standard InChI is InChI=1S/C18H22ClNS/c1-3-11-20-14(2)16-7-9-18(10-8-16)21-13-15-5-4-6-17(19)12-15/h4-10,12,14,20H,3,11,13H2,1-2H3. The van der Waals surface area contributed by atoms with Crippen molar-refractivity contribution in [3.63, 3.8) is 0 Å². The number of thioether (sulfide) groups is 1. The molecule has 0 aliphatic carbocycles. The topological polar surface area (TPSA) is 12.0 Å². The van der Waals surface area contributed by atoms with Gasteiger partial charge in [0.1, 0.15) is 0 Å². The van der Waals surface area contributed by atoms with Crippen LogP contribution in [0.25, 0.3) is 0 Å². The van der Waals surface area contributed by atoms with E-state index >= 15 is 0 Å². The molecule has 2 aromatic carbocycles. The Hall–Kier alpha value is -0.960. The van der Waals surface area contributed by atoms with Gasteiger partial charge in [-0.15, -0.1) is 11.8 Å². The fourth-order valence-corrected chi connectivity index (χ4v) is 3.18. The first-order valence-corrected chi connectivity index (χ1v) is 8.76. The molecule has 1 atom stereocenters. The van der Waals surface area contributed by atoms with Gasteiger partial charge in [-0.2, -0.15) is 0 Å². The van der Waals surface area contributed by atoms with Crippen molar-refractivity contribution in [1.82, 2.24) is 5.32 Å². The van der Waals surface area contributed by atoms with Crippen molar-refractivity contribution in [3.05, 3.63) is 64.7 Å². The van der Waals surface area contributed by atoms with Gasteiger partial charge >= 0.3 is 0 Å². The molecule has 0 fully saturated rings. The van der Waals surface area contributed by atoms with E-state index in [1.807, 2.05) is 30.0 Å². The molecule has 1 unspecified atom stereocenters. The van der Waals surface area contributed by atoms with Crippen LogP contribution in [0.5, 0.6) is 0 Å². The fraction of sp³-hybridized carbons (Fsp3) is 0.333. The maximum absolute atomic E-state index is 6.01. The molecule has 0 spiro atoms. The van der Waals surface area contributed by atoms with E-state index in [9.17, 15) is 0 Å². The second-order valence-corrected chi connectivity index (χ2v) is 6.65. The zero-order chi connectivity index (χ0) is 15.1. The Morgan fingerprint density at radius 1 is 1.14 bits per heavy atom. The van der Waals surface area contributed by atoms with Gasteiger partial charge in [0, 0.05) is 21.7 Å². The zero-order valence-electron chi connectivity index (χ0n) is 12.6. The highest BCUT2D eigenvalue weighted by Gasteiger charge is 2.04. The largest absolute Gasteiger partial charge is 0.310 e. The molecule has 3 heteroatoms. The van der Waals surface area contributed by atoms with Crippen LogP contribution in [0.4, 0.5) is 0 Å². The highest BCUT2D eigenvalue weighted by molar-refractivity contribution is 7.98. The number of halogens is 1. The lowest BCUT2D eigenvalue weighted by Gasteiger charge is -2.14. The van der Waals surface area contributed by atoms with Crippen molar-refractivity contribution in [2.45, 2.75) is 37.0 Å². The average Bonchev–Trinajstić information content (AvgIpc) is 2.51. The first kappa shape index (κ1) is 16.4. The smallest absolute Gasteiger partial charge is 0.0409 e. The molecule has 0 aliphatic heterocycles. The third kappa shape index (κ3) is 5.39. The van der Waals surface area contributed by atoms with Gasteiger partial charge in [0.05, 0.1) is 0 Å². The molecule has 21 heavy (non-hydrogen) atoms. The van der Waals surface area contributed by atoms with Gasteiger partial charge in [-0.25, -0.2) is 0 Å². The lowest BCUT2D eigenvalue weighted by atomic mass is 10.1. The summed E-state index contributed by atoms with van der Waals surface area (Å²) in [5.74, 6) is 0.948. The van der Waals surface area contributed by atoms with Crippen LogP contribution in [0.3, 0.4) is 0 Å². The number of benzene rings is 2. The second kappa shape index (κ2) is 8.47. The Kier molecular flexibility index (Phi) is 6.62. The molecule has 2 aromatic rings. The SMILES string of the molecule is CCCNC(C)c1ccc(SCc2cccc(Cl)c2)cc1. The summed E-state index contributed by atoms with van der Waals surface area (Å²) in [5, 5.41) is 4.32. The summed E-state index contributed by atoms with van der Waals surface area (Å²) in [6, 6.07) is 17.3. The minimum atomic E-state index is 0.414. The summed E-state index contributed by atoms with van der Waals surface area (Å²) in [5.41, 5.74) is 2.60. The second-order valence-electron chi connectivity index (χ2n) is 5.16. The minimum Gasteiger partial charge on any atom is -0.310 e. The van der Waals surface area contributed by atoms with Gasteiger partial charge in [-0.05, 0) is 55.3 Å². The van der Waals surface area contributed by atoms with Crippen molar-refractivity contribution in [1.29, 1.82) is 0 Å². The van der Waals surface area contributed by atoms with Crippen LogP contribution in [-0.2, 0) is 5.75 Å². The van der Waals surface area contributed by atoms with E-state index in [4.69, 9.17) is 11.6 Å². The quantitative estimate of drug-likeness (QED) is 0.658. The lowest BCUT2D eigenvalue weighted by molar-refractivity contribution is 0.570. The highest BCUT2D eigenvalue weighted by Crippen LogP contribution is 2.25. The van der Waals surface area contributed by atoms with E-state index in [-0.39, 0.29) is 0 Å². The molecule has 0 saturated heterocycles. The Morgan fingerprint density at radius 2 is 1.90 bits per heavy atom. The highest BCUT2D eigenvalue weighted by atomic mass is 35.5. The molecule has 2 rings (SSSR count). The molecular weight excluding hydrogens is 298 g/mol. The van der Waals surface area contributed by atoms with E-state index in [0.29, 0.717) is 6.04 Å². The number of nitrogens with one attached hydrogen (secondary N) is 1. The van der Waals surface area contributed by atoms with Crippen molar-refractivity contribution in [2.75, 3.05) is 6.54 Å². The van der Waals surface area contributed by atoms with Crippen molar-refractivity contribution >= 4 is 23.4 Å². The van der Waals surface area contributed by atoms with E-state index in [2.05, 4.69) is 49.5 Å². The van der Waals surface area contributed by atoms with E-state index in [0.717, 1.165) is 23.7 Å². The summed E-state index contributed by atoms with van der Waals surface area (Å²) in [4.78, 5) is 1.29. The Balaban J connectivity index is 1.90. The lowest BCUT2D eigenvalue weighted by Crippen LogP contribution is -2.19. The zero-order valence-corrected chi connectivity index (χ0v) is 14.2. The fourth-order valence-electron chi connectivity index (χ4n) is 2.12. The average molecular weight is 320 g/mol. The maximum Gasteiger partial charge on any atom is 0.0409 e. The monoisotopic (exact) mass is 319 g/mol. The Morgan fingerprint density at radius 3 is 2.57 bits per heavy atom. The Labute approximate surface area is 137 Å². The van der Waals surface area contributed by atoms with Gasteiger partial charge < -0.3 is 5.32 Å². The number of hydrogen-bond acceptors (Lipinski definition) is 2.